The van der Waals surface area contributed by atoms with E-state index in [2.05, 4.69) is 17.6 Å². The van der Waals surface area contributed by atoms with E-state index in [1.807, 2.05) is 13.8 Å². The first-order chi connectivity index (χ1) is 7.96. The summed E-state index contributed by atoms with van der Waals surface area (Å²) in [5.41, 5.74) is -0.108. The Kier molecular flexibility index (Phi) is 5.40. The molecule has 1 saturated carbocycles. The highest BCUT2D eigenvalue weighted by atomic mass is 16.5. The second kappa shape index (κ2) is 6.36. The quantitative estimate of drug-likeness (QED) is 0.741. The van der Waals surface area contributed by atoms with Gasteiger partial charge in [0.05, 0.1) is 12.6 Å². The van der Waals surface area contributed by atoms with Crippen molar-refractivity contribution in [3.05, 3.63) is 0 Å². The standard InChI is InChI=1S/C13H26N2O2/c1-5-13(2,3)15-12(16)9-14-10-6-7-11(8-10)17-4/h10-11,14H,5-9H2,1-4H3,(H,15,16). The Morgan fingerprint density at radius 2 is 2.12 bits per heavy atom. The van der Waals surface area contributed by atoms with E-state index in [4.69, 9.17) is 4.74 Å². The van der Waals surface area contributed by atoms with Crippen molar-refractivity contribution in [1.29, 1.82) is 0 Å². The van der Waals surface area contributed by atoms with Crippen molar-refractivity contribution in [1.82, 2.24) is 10.6 Å². The molecule has 1 fully saturated rings. The topological polar surface area (TPSA) is 50.4 Å². The lowest BCUT2D eigenvalue weighted by atomic mass is 10.0. The van der Waals surface area contributed by atoms with Gasteiger partial charge < -0.3 is 15.4 Å². The molecule has 0 aliphatic heterocycles. The molecule has 2 unspecified atom stereocenters. The molecule has 1 aliphatic carbocycles. The van der Waals surface area contributed by atoms with E-state index in [1.54, 1.807) is 7.11 Å². The summed E-state index contributed by atoms with van der Waals surface area (Å²) in [6.45, 7) is 6.57. The van der Waals surface area contributed by atoms with E-state index >= 15 is 0 Å². The number of methoxy groups -OCH3 is 1. The summed E-state index contributed by atoms with van der Waals surface area (Å²) < 4.78 is 5.31. The Morgan fingerprint density at radius 1 is 1.41 bits per heavy atom. The first-order valence-electron chi connectivity index (χ1n) is 6.54. The Balaban J connectivity index is 2.21. The van der Waals surface area contributed by atoms with Crippen LogP contribution in [0.3, 0.4) is 0 Å². The third-order valence-corrected chi connectivity index (χ3v) is 3.63. The van der Waals surface area contributed by atoms with Crippen molar-refractivity contribution >= 4 is 5.91 Å². The Labute approximate surface area is 104 Å². The van der Waals surface area contributed by atoms with Crippen molar-refractivity contribution in [3.63, 3.8) is 0 Å². The third-order valence-electron chi connectivity index (χ3n) is 3.63. The molecule has 0 bridgehead atoms. The number of carbonyl (C=O) groups excluding carboxylic acids is 1. The minimum Gasteiger partial charge on any atom is -0.381 e. The SMILES string of the molecule is CCC(C)(C)NC(=O)CNC1CCC(OC)C1. The maximum absolute atomic E-state index is 11.7. The van der Waals surface area contributed by atoms with Crippen LogP contribution in [0.15, 0.2) is 0 Å². The fourth-order valence-corrected chi connectivity index (χ4v) is 2.09. The van der Waals surface area contributed by atoms with Crippen LogP contribution in [0.25, 0.3) is 0 Å². The van der Waals surface area contributed by atoms with Crippen LogP contribution in [0, 0.1) is 0 Å². The fourth-order valence-electron chi connectivity index (χ4n) is 2.09. The second-order valence-electron chi connectivity index (χ2n) is 5.53. The number of amides is 1. The van der Waals surface area contributed by atoms with Crippen LogP contribution in [0.1, 0.15) is 46.5 Å². The molecular formula is C13H26N2O2. The summed E-state index contributed by atoms with van der Waals surface area (Å²) >= 11 is 0. The van der Waals surface area contributed by atoms with E-state index in [0.29, 0.717) is 18.7 Å². The molecule has 2 atom stereocenters. The summed E-state index contributed by atoms with van der Waals surface area (Å²) in [4.78, 5) is 11.7. The maximum Gasteiger partial charge on any atom is 0.234 e. The molecule has 0 aromatic rings. The van der Waals surface area contributed by atoms with Gasteiger partial charge in [0.2, 0.25) is 5.91 Å². The Morgan fingerprint density at radius 3 is 2.65 bits per heavy atom. The average molecular weight is 242 g/mol. The van der Waals surface area contributed by atoms with Crippen molar-refractivity contribution in [3.8, 4) is 0 Å². The molecule has 4 nitrogen and oxygen atoms in total. The van der Waals surface area contributed by atoms with Crippen LogP contribution in [-0.2, 0) is 9.53 Å². The zero-order chi connectivity index (χ0) is 12.9. The van der Waals surface area contributed by atoms with E-state index in [0.717, 1.165) is 25.7 Å². The minimum atomic E-state index is -0.108. The number of hydrogen-bond donors (Lipinski definition) is 2. The average Bonchev–Trinajstić information content (AvgIpc) is 2.74. The van der Waals surface area contributed by atoms with Gasteiger partial charge in [-0.25, -0.2) is 0 Å². The van der Waals surface area contributed by atoms with Gasteiger partial charge in [0, 0.05) is 18.7 Å². The van der Waals surface area contributed by atoms with Crippen LogP contribution in [0.2, 0.25) is 0 Å². The van der Waals surface area contributed by atoms with Gasteiger partial charge in [0.25, 0.3) is 0 Å². The van der Waals surface area contributed by atoms with E-state index in [1.165, 1.54) is 0 Å². The number of ether oxygens (including phenoxy) is 1. The predicted octanol–water partition coefficient (Wildman–Crippen LogP) is 1.45. The highest BCUT2D eigenvalue weighted by Gasteiger charge is 2.25. The maximum atomic E-state index is 11.7. The molecule has 17 heavy (non-hydrogen) atoms. The highest BCUT2D eigenvalue weighted by Crippen LogP contribution is 2.21. The second-order valence-corrected chi connectivity index (χ2v) is 5.53. The van der Waals surface area contributed by atoms with Gasteiger partial charge in [-0.1, -0.05) is 6.92 Å². The van der Waals surface area contributed by atoms with Crippen molar-refractivity contribution in [2.45, 2.75) is 64.1 Å². The van der Waals surface area contributed by atoms with Crippen molar-refractivity contribution in [2.75, 3.05) is 13.7 Å². The highest BCUT2D eigenvalue weighted by molar-refractivity contribution is 5.78. The van der Waals surface area contributed by atoms with Crippen LogP contribution >= 0.6 is 0 Å². The van der Waals surface area contributed by atoms with E-state index in [9.17, 15) is 4.79 Å². The van der Waals surface area contributed by atoms with Gasteiger partial charge in [0.15, 0.2) is 0 Å². The third kappa shape index (κ3) is 5.04. The summed E-state index contributed by atoms with van der Waals surface area (Å²) in [6, 6.07) is 0.426. The molecule has 0 spiro atoms. The monoisotopic (exact) mass is 242 g/mol. The van der Waals surface area contributed by atoms with Gasteiger partial charge >= 0.3 is 0 Å². The van der Waals surface area contributed by atoms with Gasteiger partial charge in [-0.3, -0.25) is 4.79 Å². The number of rotatable bonds is 6. The Bertz CT molecular complexity index is 254. The molecule has 100 valence electrons. The smallest absolute Gasteiger partial charge is 0.234 e. The summed E-state index contributed by atoms with van der Waals surface area (Å²) in [5, 5.41) is 6.32. The van der Waals surface area contributed by atoms with Crippen LogP contribution < -0.4 is 10.6 Å². The van der Waals surface area contributed by atoms with Gasteiger partial charge in [-0.05, 0) is 39.5 Å². The molecule has 0 aromatic heterocycles. The van der Waals surface area contributed by atoms with Gasteiger partial charge in [-0.2, -0.15) is 0 Å². The summed E-state index contributed by atoms with van der Waals surface area (Å²) in [7, 11) is 1.75. The van der Waals surface area contributed by atoms with Gasteiger partial charge in [0.1, 0.15) is 0 Å². The first-order valence-corrected chi connectivity index (χ1v) is 6.54. The van der Waals surface area contributed by atoms with Crippen LogP contribution in [0.5, 0.6) is 0 Å². The molecule has 1 rings (SSSR count). The molecule has 4 heteroatoms. The number of carbonyl (C=O) groups is 1. The predicted molar refractivity (Wildman–Crippen MR) is 69.0 cm³/mol. The molecular weight excluding hydrogens is 216 g/mol. The van der Waals surface area contributed by atoms with Crippen molar-refractivity contribution in [2.24, 2.45) is 0 Å². The molecule has 0 aromatic carbocycles. The van der Waals surface area contributed by atoms with Gasteiger partial charge in [-0.15, -0.1) is 0 Å². The molecule has 1 amide bonds. The van der Waals surface area contributed by atoms with Crippen molar-refractivity contribution < 1.29 is 9.53 Å². The largest absolute Gasteiger partial charge is 0.381 e. The Hall–Kier alpha value is -0.610. The summed E-state index contributed by atoms with van der Waals surface area (Å²) in [6.07, 6.45) is 4.51. The fraction of sp³-hybridized carbons (Fsp3) is 0.923. The normalized spacial score (nSPS) is 24.9. The lowest BCUT2D eigenvalue weighted by Gasteiger charge is -2.25. The molecule has 0 saturated heterocycles. The lowest BCUT2D eigenvalue weighted by molar-refractivity contribution is -0.122. The number of hydrogen-bond acceptors (Lipinski definition) is 3. The zero-order valence-electron chi connectivity index (χ0n) is 11.5. The van der Waals surface area contributed by atoms with Crippen LogP contribution in [0.4, 0.5) is 0 Å². The first kappa shape index (κ1) is 14.5. The van der Waals surface area contributed by atoms with Crippen LogP contribution in [-0.4, -0.2) is 37.2 Å². The lowest BCUT2D eigenvalue weighted by Crippen LogP contribution is -2.47. The minimum absolute atomic E-state index is 0.0812. The molecule has 1 aliphatic rings. The summed E-state index contributed by atoms with van der Waals surface area (Å²) in [5.74, 6) is 0.0812. The zero-order valence-corrected chi connectivity index (χ0v) is 11.5. The van der Waals surface area contributed by atoms with E-state index < -0.39 is 0 Å². The van der Waals surface area contributed by atoms with E-state index in [-0.39, 0.29) is 11.4 Å². The molecule has 0 radical (unpaired) electrons. The molecule has 0 heterocycles. The number of nitrogens with one attached hydrogen (secondary N) is 2. The molecule has 2 N–H and O–H groups in total.